The second kappa shape index (κ2) is 4.88. The fourth-order valence-electron chi connectivity index (χ4n) is 1.24. The molecule has 0 fully saturated rings. The maximum Gasteiger partial charge on any atom is 0.336 e. The van der Waals surface area contributed by atoms with Gasteiger partial charge >= 0.3 is 5.97 Å². The van der Waals surface area contributed by atoms with E-state index in [1.807, 2.05) is 0 Å². The molecule has 0 spiro atoms. The van der Waals surface area contributed by atoms with Crippen LogP contribution in [-0.2, 0) is 0 Å². The molecule has 2 rings (SSSR count). The SMILES string of the molecule is O=C(O)c1ccc([N+](=O)[O-])cc1Sc1ncco1. The second-order valence-corrected chi connectivity index (χ2v) is 4.14. The number of hydrogen-bond donors (Lipinski definition) is 1. The van der Waals surface area contributed by atoms with Crippen LogP contribution in [0.3, 0.4) is 0 Å². The number of nitro groups is 1. The molecule has 0 saturated carbocycles. The predicted octanol–water partition coefficient (Wildman–Crippen LogP) is 2.43. The van der Waals surface area contributed by atoms with Gasteiger partial charge in [-0.05, 0) is 17.8 Å². The van der Waals surface area contributed by atoms with Crippen LogP contribution in [0.2, 0.25) is 0 Å². The van der Waals surface area contributed by atoms with E-state index in [0.717, 1.165) is 17.8 Å². The van der Waals surface area contributed by atoms with Crippen molar-refractivity contribution in [2.75, 3.05) is 0 Å². The van der Waals surface area contributed by atoms with Crippen molar-refractivity contribution in [3.63, 3.8) is 0 Å². The number of hydrogen-bond acceptors (Lipinski definition) is 6. The minimum atomic E-state index is -1.17. The molecular weight excluding hydrogens is 260 g/mol. The Balaban J connectivity index is 2.43. The van der Waals surface area contributed by atoms with E-state index in [2.05, 4.69) is 4.98 Å². The van der Waals surface area contributed by atoms with Gasteiger partial charge in [-0.25, -0.2) is 9.78 Å². The van der Waals surface area contributed by atoms with E-state index in [1.165, 1.54) is 24.6 Å². The second-order valence-electron chi connectivity index (χ2n) is 3.14. The summed E-state index contributed by atoms with van der Waals surface area (Å²) >= 11 is 0.918. The van der Waals surface area contributed by atoms with Crippen molar-refractivity contribution >= 4 is 23.4 Å². The van der Waals surface area contributed by atoms with Crippen molar-refractivity contribution in [1.29, 1.82) is 0 Å². The highest BCUT2D eigenvalue weighted by Gasteiger charge is 2.17. The van der Waals surface area contributed by atoms with E-state index in [1.54, 1.807) is 0 Å². The van der Waals surface area contributed by atoms with Crippen LogP contribution >= 0.6 is 11.8 Å². The molecule has 0 bridgehead atoms. The van der Waals surface area contributed by atoms with Crippen molar-refractivity contribution < 1.29 is 19.2 Å². The average Bonchev–Trinajstić information content (AvgIpc) is 2.81. The molecule has 1 N–H and O–H groups in total. The maximum atomic E-state index is 11.0. The molecule has 0 aliphatic carbocycles. The summed E-state index contributed by atoms with van der Waals surface area (Å²) in [7, 11) is 0. The molecule has 0 saturated heterocycles. The van der Waals surface area contributed by atoms with Crippen LogP contribution in [0.4, 0.5) is 5.69 Å². The minimum absolute atomic E-state index is 0.0381. The van der Waals surface area contributed by atoms with Gasteiger partial charge in [0.2, 0.25) is 0 Å². The lowest BCUT2D eigenvalue weighted by Gasteiger charge is -2.02. The topological polar surface area (TPSA) is 106 Å². The van der Waals surface area contributed by atoms with Crippen LogP contribution in [0.5, 0.6) is 0 Å². The highest BCUT2D eigenvalue weighted by Crippen LogP contribution is 2.32. The summed E-state index contributed by atoms with van der Waals surface area (Å²) in [4.78, 5) is 25.1. The van der Waals surface area contributed by atoms with Gasteiger partial charge in [0.1, 0.15) is 6.26 Å². The van der Waals surface area contributed by atoms with Crippen LogP contribution in [0.15, 0.2) is 45.2 Å². The van der Waals surface area contributed by atoms with Crippen molar-refractivity contribution in [3.8, 4) is 0 Å². The standard InChI is InChI=1S/C10H6N2O5S/c13-9(14)7-2-1-6(12(15)16)5-8(7)18-10-11-3-4-17-10/h1-5H,(H,13,14). The third-order valence-corrected chi connectivity index (χ3v) is 2.95. The van der Waals surface area contributed by atoms with Gasteiger partial charge in [-0.2, -0.15) is 0 Å². The molecule has 2 aromatic rings. The van der Waals surface area contributed by atoms with E-state index in [4.69, 9.17) is 9.52 Å². The van der Waals surface area contributed by atoms with Crippen molar-refractivity contribution in [2.45, 2.75) is 10.1 Å². The number of nitro benzene ring substituents is 1. The third kappa shape index (κ3) is 2.48. The molecule has 0 radical (unpaired) electrons. The van der Waals surface area contributed by atoms with Crippen molar-refractivity contribution in [2.24, 2.45) is 0 Å². The van der Waals surface area contributed by atoms with Gasteiger partial charge in [-0.3, -0.25) is 10.1 Å². The fraction of sp³-hybridized carbons (Fsp3) is 0. The smallest absolute Gasteiger partial charge is 0.336 e. The van der Waals surface area contributed by atoms with Gasteiger partial charge in [0.05, 0.1) is 16.7 Å². The zero-order chi connectivity index (χ0) is 13.1. The number of aromatic carboxylic acids is 1. The van der Waals surface area contributed by atoms with Gasteiger partial charge in [0.15, 0.2) is 0 Å². The molecule has 0 aliphatic heterocycles. The van der Waals surface area contributed by atoms with E-state index >= 15 is 0 Å². The number of carboxylic acids is 1. The lowest BCUT2D eigenvalue weighted by Crippen LogP contribution is -2.00. The lowest BCUT2D eigenvalue weighted by atomic mass is 10.2. The number of aromatic nitrogens is 1. The van der Waals surface area contributed by atoms with Gasteiger partial charge in [-0.1, -0.05) is 0 Å². The first-order valence-electron chi connectivity index (χ1n) is 4.67. The molecule has 7 nitrogen and oxygen atoms in total. The Bertz CT molecular complexity index is 596. The summed E-state index contributed by atoms with van der Waals surface area (Å²) in [5.41, 5.74) is -0.224. The Hall–Kier alpha value is -2.35. The first-order chi connectivity index (χ1) is 8.58. The normalized spacial score (nSPS) is 10.2. The predicted molar refractivity (Wildman–Crippen MR) is 60.7 cm³/mol. The average molecular weight is 266 g/mol. The zero-order valence-corrected chi connectivity index (χ0v) is 9.59. The molecule has 92 valence electrons. The van der Waals surface area contributed by atoms with Crippen LogP contribution in [0, 0.1) is 10.1 Å². The summed E-state index contributed by atoms with van der Waals surface area (Å²) < 4.78 is 4.96. The molecule has 8 heteroatoms. The number of nitrogens with zero attached hydrogens (tertiary/aromatic N) is 2. The maximum absolute atomic E-state index is 11.0. The quantitative estimate of drug-likeness (QED) is 0.668. The molecule has 1 heterocycles. The molecule has 1 aromatic carbocycles. The Kier molecular flexibility index (Phi) is 3.28. The molecule has 18 heavy (non-hydrogen) atoms. The summed E-state index contributed by atoms with van der Waals surface area (Å²) in [5, 5.41) is 19.9. The van der Waals surface area contributed by atoms with Crippen LogP contribution in [-0.4, -0.2) is 21.0 Å². The van der Waals surface area contributed by atoms with E-state index < -0.39 is 10.9 Å². The number of benzene rings is 1. The lowest BCUT2D eigenvalue weighted by molar-refractivity contribution is -0.385. The number of carboxylic acid groups (broad SMARTS) is 1. The molecular formula is C10H6N2O5S. The Morgan fingerprint density at radius 2 is 2.28 bits per heavy atom. The summed E-state index contributed by atoms with van der Waals surface area (Å²) in [6.07, 6.45) is 2.74. The molecule has 1 aromatic heterocycles. The van der Waals surface area contributed by atoms with Crippen molar-refractivity contribution in [3.05, 3.63) is 46.3 Å². The highest BCUT2D eigenvalue weighted by molar-refractivity contribution is 7.99. The molecule has 0 atom stereocenters. The number of oxazole rings is 1. The Labute approximate surface area is 105 Å². The first kappa shape index (κ1) is 12.1. The monoisotopic (exact) mass is 266 g/mol. The Morgan fingerprint density at radius 1 is 1.50 bits per heavy atom. The van der Waals surface area contributed by atoms with Gasteiger partial charge in [0.25, 0.3) is 10.9 Å². The van der Waals surface area contributed by atoms with Gasteiger partial charge in [-0.15, -0.1) is 0 Å². The fourth-order valence-corrected chi connectivity index (χ4v) is 2.09. The van der Waals surface area contributed by atoms with Crippen LogP contribution in [0.1, 0.15) is 10.4 Å². The Morgan fingerprint density at radius 3 is 2.83 bits per heavy atom. The van der Waals surface area contributed by atoms with E-state index in [-0.39, 0.29) is 21.4 Å². The molecule has 0 amide bonds. The van der Waals surface area contributed by atoms with Gasteiger partial charge < -0.3 is 9.52 Å². The first-order valence-corrected chi connectivity index (χ1v) is 5.48. The van der Waals surface area contributed by atoms with Crippen molar-refractivity contribution in [1.82, 2.24) is 4.98 Å². The largest absolute Gasteiger partial charge is 0.478 e. The molecule has 0 aliphatic rings. The van der Waals surface area contributed by atoms with Gasteiger partial charge in [0, 0.05) is 17.0 Å². The van der Waals surface area contributed by atoms with E-state index in [0.29, 0.717) is 0 Å². The van der Waals surface area contributed by atoms with E-state index in [9.17, 15) is 14.9 Å². The summed E-state index contributed by atoms with van der Waals surface area (Å²) in [6.45, 7) is 0. The van der Waals surface area contributed by atoms with Crippen LogP contribution in [0.25, 0.3) is 0 Å². The summed E-state index contributed by atoms with van der Waals surface area (Å²) in [6, 6.07) is 3.51. The number of carbonyl (C=O) groups is 1. The molecule has 0 unspecified atom stereocenters. The van der Waals surface area contributed by atoms with Crippen LogP contribution < -0.4 is 0 Å². The third-order valence-electron chi connectivity index (χ3n) is 2.01. The summed E-state index contributed by atoms with van der Waals surface area (Å²) in [5.74, 6) is -1.17. The minimum Gasteiger partial charge on any atom is -0.478 e. The zero-order valence-electron chi connectivity index (χ0n) is 8.77. The number of rotatable bonds is 4. The highest BCUT2D eigenvalue weighted by atomic mass is 32.2. The number of non-ortho nitro benzene ring substituents is 1.